The van der Waals surface area contributed by atoms with E-state index < -0.39 is 67.1 Å². The zero-order chi connectivity index (χ0) is 28.5. The van der Waals surface area contributed by atoms with Crippen LogP contribution in [0.5, 0.6) is 0 Å². The maximum absolute atomic E-state index is 15.5. The Kier molecular flexibility index (Phi) is 9.82. The summed E-state index contributed by atoms with van der Waals surface area (Å²) in [6.45, 7) is -0.600. The van der Waals surface area contributed by atoms with Crippen LogP contribution in [0.2, 0.25) is 0 Å². The molecular formula is C29H24ClFO9. The molecule has 1 fully saturated rings. The van der Waals surface area contributed by atoms with Gasteiger partial charge in [0.05, 0.1) is 16.7 Å². The van der Waals surface area contributed by atoms with Crippen LogP contribution < -0.4 is 0 Å². The molecule has 5 atom stereocenters. The molecule has 0 spiro atoms. The van der Waals surface area contributed by atoms with E-state index in [1.807, 2.05) is 0 Å². The fourth-order valence-electron chi connectivity index (χ4n) is 3.91. The zero-order valence-electron chi connectivity index (χ0n) is 20.9. The van der Waals surface area contributed by atoms with Crippen LogP contribution in [-0.2, 0) is 28.5 Å². The number of carbonyl (C=O) groups is 4. The van der Waals surface area contributed by atoms with Crippen molar-refractivity contribution in [3.8, 4) is 0 Å². The van der Waals surface area contributed by atoms with Crippen LogP contribution in [0.3, 0.4) is 0 Å². The lowest BCUT2D eigenvalue weighted by atomic mass is 9.98. The van der Waals surface area contributed by atoms with Gasteiger partial charge in [0.15, 0.2) is 18.3 Å². The van der Waals surface area contributed by atoms with Crippen molar-refractivity contribution in [1.82, 2.24) is 0 Å². The summed E-state index contributed by atoms with van der Waals surface area (Å²) >= 11 is 5.50. The average Bonchev–Trinajstić information content (AvgIpc) is 3.00. The molecule has 0 aliphatic carbocycles. The van der Waals surface area contributed by atoms with Gasteiger partial charge in [0.2, 0.25) is 6.36 Å². The molecule has 11 heteroatoms. The monoisotopic (exact) mass is 570 g/mol. The van der Waals surface area contributed by atoms with Gasteiger partial charge in [-0.2, -0.15) is 0 Å². The number of halogens is 2. The van der Waals surface area contributed by atoms with Crippen LogP contribution in [0, 0.1) is 0 Å². The highest BCUT2D eigenvalue weighted by atomic mass is 35.5. The van der Waals surface area contributed by atoms with Crippen molar-refractivity contribution in [3.05, 3.63) is 108 Å². The maximum Gasteiger partial charge on any atom is 0.338 e. The number of rotatable bonds is 9. The summed E-state index contributed by atoms with van der Waals surface area (Å²) in [5.74, 6) is -4.04. The summed E-state index contributed by atoms with van der Waals surface area (Å²) < 4.78 is 42.6. The number of hydrogen-bond acceptors (Lipinski definition) is 9. The number of ether oxygens (including phenoxy) is 5. The van der Waals surface area contributed by atoms with Crippen molar-refractivity contribution in [2.75, 3.05) is 12.5 Å². The Hall–Kier alpha value is -4.28. The number of esters is 4. The molecular weight excluding hydrogens is 547 g/mol. The highest BCUT2D eigenvalue weighted by Gasteiger charge is 2.53. The third-order valence-corrected chi connectivity index (χ3v) is 6.07. The first-order valence-electron chi connectivity index (χ1n) is 12.2. The van der Waals surface area contributed by atoms with E-state index in [1.54, 1.807) is 54.6 Å². The fraction of sp³-hybridized carbons (Fsp3) is 0.241. The third kappa shape index (κ3) is 7.22. The van der Waals surface area contributed by atoms with Gasteiger partial charge in [0, 0.05) is 0 Å². The van der Waals surface area contributed by atoms with E-state index >= 15 is 4.39 Å². The van der Waals surface area contributed by atoms with Crippen molar-refractivity contribution in [3.63, 3.8) is 0 Å². The van der Waals surface area contributed by atoms with Crippen molar-refractivity contribution >= 4 is 35.5 Å². The minimum absolute atomic E-state index is 0.0961. The molecule has 0 amide bonds. The second-order valence-electron chi connectivity index (χ2n) is 8.55. The molecule has 0 bridgehead atoms. The van der Waals surface area contributed by atoms with Gasteiger partial charge in [-0.05, 0) is 36.4 Å². The van der Waals surface area contributed by atoms with Gasteiger partial charge in [-0.3, -0.25) is 4.79 Å². The van der Waals surface area contributed by atoms with Gasteiger partial charge in [-0.25, -0.2) is 18.8 Å². The van der Waals surface area contributed by atoms with Crippen molar-refractivity contribution in [1.29, 1.82) is 0 Å². The van der Waals surface area contributed by atoms with E-state index in [4.69, 9.17) is 35.3 Å². The lowest BCUT2D eigenvalue weighted by molar-refractivity contribution is -0.262. The molecule has 0 aromatic heterocycles. The third-order valence-electron chi connectivity index (χ3n) is 5.85. The molecule has 1 saturated heterocycles. The van der Waals surface area contributed by atoms with E-state index in [9.17, 15) is 19.2 Å². The van der Waals surface area contributed by atoms with E-state index in [0.29, 0.717) is 0 Å². The topological polar surface area (TPSA) is 114 Å². The second-order valence-corrected chi connectivity index (χ2v) is 8.82. The molecule has 208 valence electrons. The SMILES string of the molecule is O=C(CCl)OC[C@H]1O[C@@H](F)[C@H](OC(=O)c2ccccc2)[C@@H](OC(=O)c2ccccc2)[C@@H]1OC(=O)c1ccccc1. The van der Waals surface area contributed by atoms with Gasteiger partial charge in [-0.1, -0.05) is 54.6 Å². The molecule has 40 heavy (non-hydrogen) atoms. The van der Waals surface area contributed by atoms with Crippen LogP contribution in [-0.4, -0.2) is 67.1 Å². The van der Waals surface area contributed by atoms with E-state index in [1.165, 1.54) is 36.4 Å². The molecule has 1 heterocycles. The first-order chi connectivity index (χ1) is 19.4. The van der Waals surface area contributed by atoms with E-state index in [-0.39, 0.29) is 16.7 Å². The average molecular weight is 571 g/mol. The molecule has 1 aliphatic rings. The molecule has 0 N–H and O–H groups in total. The van der Waals surface area contributed by atoms with Crippen LogP contribution in [0.15, 0.2) is 91.0 Å². The highest BCUT2D eigenvalue weighted by molar-refractivity contribution is 6.26. The van der Waals surface area contributed by atoms with Gasteiger partial charge in [0.1, 0.15) is 18.6 Å². The Bertz CT molecular complexity index is 1310. The fourth-order valence-corrected chi connectivity index (χ4v) is 3.99. The van der Waals surface area contributed by atoms with Gasteiger partial charge in [-0.15, -0.1) is 11.6 Å². The van der Waals surface area contributed by atoms with Gasteiger partial charge < -0.3 is 23.7 Å². The molecule has 0 radical (unpaired) electrons. The predicted molar refractivity (Wildman–Crippen MR) is 138 cm³/mol. The van der Waals surface area contributed by atoms with Crippen molar-refractivity contribution < 1.29 is 47.3 Å². The number of alkyl halides is 2. The number of carbonyl (C=O) groups excluding carboxylic acids is 4. The zero-order valence-corrected chi connectivity index (χ0v) is 21.6. The van der Waals surface area contributed by atoms with Crippen molar-refractivity contribution in [2.24, 2.45) is 0 Å². The first-order valence-corrected chi connectivity index (χ1v) is 12.7. The normalized spacial score (nSPS) is 22.0. The summed E-state index contributed by atoms with van der Waals surface area (Å²) in [6, 6.07) is 23.4. The summed E-state index contributed by atoms with van der Waals surface area (Å²) in [4.78, 5) is 50.7. The summed E-state index contributed by atoms with van der Waals surface area (Å²) in [5.41, 5.74) is 0.335. The summed E-state index contributed by atoms with van der Waals surface area (Å²) in [5, 5.41) is 0. The van der Waals surface area contributed by atoms with Crippen LogP contribution in [0.25, 0.3) is 0 Å². The second kappa shape index (κ2) is 13.7. The Labute approximate surface area is 233 Å². The molecule has 9 nitrogen and oxygen atoms in total. The van der Waals surface area contributed by atoms with Crippen LogP contribution in [0.4, 0.5) is 4.39 Å². The Balaban J connectivity index is 1.69. The molecule has 3 aromatic carbocycles. The van der Waals surface area contributed by atoms with Crippen LogP contribution in [0.1, 0.15) is 31.1 Å². The lowest BCUT2D eigenvalue weighted by Crippen LogP contribution is -2.61. The van der Waals surface area contributed by atoms with Crippen molar-refractivity contribution in [2.45, 2.75) is 30.8 Å². The number of hydrogen-bond donors (Lipinski definition) is 0. The molecule has 1 aliphatic heterocycles. The Morgan fingerprint density at radius 3 is 1.48 bits per heavy atom. The van der Waals surface area contributed by atoms with Crippen LogP contribution >= 0.6 is 11.6 Å². The molecule has 3 aromatic rings. The number of benzene rings is 3. The predicted octanol–water partition coefficient (Wildman–Crippen LogP) is 4.14. The highest BCUT2D eigenvalue weighted by Crippen LogP contribution is 2.31. The minimum Gasteiger partial charge on any atom is -0.462 e. The molecule has 0 saturated carbocycles. The summed E-state index contributed by atoms with van der Waals surface area (Å²) in [6.07, 6.45) is -8.92. The quantitative estimate of drug-likeness (QED) is 0.213. The maximum atomic E-state index is 15.5. The van der Waals surface area contributed by atoms with Gasteiger partial charge >= 0.3 is 23.9 Å². The Morgan fingerprint density at radius 2 is 1.05 bits per heavy atom. The summed E-state index contributed by atoms with van der Waals surface area (Å²) in [7, 11) is 0. The lowest BCUT2D eigenvalue weighted by Gasteiger charge is -2.42. The smallest absolute Gasteiger partial charge is 0.338 e. The largest absolute Gasteiger partial charge is 0.462 e. The minimum atomic E-state index is -2.35. The van der Waals surface area contributed by atoms with Gasteiger partial charge in [0.25, 0.3) is 0 Å². The van der Waals surface area contributed by atoms with E-state index in [2.05, 4.69) is 0 Å². The molecule has 4 rings (SSSR count). The molecule has 0 unspecified atom stereocenters. The Morgan fingerprint density at radius 1 is 0.650 bits per heavy atom. The van der Waals surface area contributed by atoms with E-state index in [0.717, 1.165) is 0 Å². The standard InChI is InChI=1S/C29H24ClFO9/c30-16-22(32)36-17-21-23(38-27(33)18-10-4-1-5-11-18)24(39-28(34)19-12-6-2-7-13-19)25(26(31)37-21)40-29(35)20-14-8-3-9-15-20/h1-15,21,23-26H,16-17H2/t21-,23-,24+,25-,26-/m1/s1. The first kappa shape index (κ1) is 28.7.